The zero-order valence-electron chi connectivity index (χ0n) is 8.99. The number of aliphatic carboxylic acids is 1. The van der Waals surface area contributed by atoms with Crippen molar-refractivity contribution < 1.29 is 18.7 Å². The molecule has 1 rings (SSSR count). The average Bonchev–Trinajstić information content (AvgIpc) is 2.25. The summed E-state index contributed by atoms with van der Waals surface area (Å²) in [5.41, 5.74) is 1.41. The Morgan fingerprint density at radius 1 is 1.44 bits per heavy atom. The molecule has 0 aromatic heterocycles. The summed E-state index contributed by atoms with van der Waals surface area (Å²) in [5.74, 6) is -1.52. The normalized spacial score (nSPS) is 12.8. The molecule has 88 valence electrons. The van der Waals surface area contributed by atoms with E-state index < -0.39 is 18.3 Å². The van der Waals surface area contributed by atoms with Crippen LogP contribution >= 0.6 is 0 Å². The van der Waals surface area contributed by atoms with E-state index in [4.69, 9.17) is 5.11 Å². The Morgan fingerprint density at radius 3 is 2.69 bits per heavy atom. The Hall–Kier alpha value is -1.45. The molecule has 1 unspecified atom stereocenters. The molecule has 0 amide bonds. The Morgan fingerprint density at radius 2 is 2.12 bits per heavy atom. The monoisotopic (exact) mass is 228 g/mol. The van der Waals surface area contributed by atoms with Crippen LogP contribution in [-0.4, -0.2) is 17.5 Å². The molecule has 0 aliphatic rings. The molecule has 16 heavy (non-hydrogen) atoms. The van der Waals surface area contributed by atoms with Crippen molar-refractivity contribution >= 4 is 5.97 Å². The first-order valence-electron chi connectivity index (χ1n) is 5.10. The number of halogens is 2. The quantitative estimate of drug-likeness (QED) is 0.840. The van der Waals surface area contributed by atoms with E-state index in [1.807, 2.05) is 0 Å². The largest absolute Gasteiger partial charge is 0.481 e. The number of carboxylic acid groups (broad SMARTS) is 1. The number of alkyl halides is 2. The lowest BCUT2D eigenvalue weighted by molar-refractivity contribution is -0.138. The molecule has 0 spiro atoms. The summed E-state index contributed by atoms with van der Waals surface area (Å²) in [6.45, 7) is 1.58. The first kappa shape index (κ1) is 12.6. The van der Waals surface area contributed by atoms with Crippen LogP contribution in [0.5, 0.6) is 0 Å². The lowest BCUT2D eigenvalue weighted by atomic mass is 9.98. The highest BCUT2D eigenvalue weighted by Gasteiger charge is 2.13. The van der Waals surface area contributed by atoms with Crippen LogP contribution in [0.2, 0.25) is 0 Å². The lowest BCUT2D eigenvalue weighted by Gasteiger charge is -2.08. The highest BCUT2D eigenvalue weighted by atomic mass is 19.3. The minimum Gasteiger partial charge on any atom is -0.481 e. The molecular formula is C12H14F2O2. The molecule has 0 fully saturated rings. The van der Waals surface area contributed by atoms with Crippen LogP contribution in [0.1, 0.15) is 30.4 Å². The van der Waals surface area contributed by atoms with Crippen molar-refractivity contribution in [1.29, 1.82) is 0 Å². The van der Waals surface area contributed by atoms with E-state index in [1.165, 1.54) is 0 Å². The van der Waals surface area contributed by atoms with Gasteiger partial charge in [-0.15, -0.1) is 0 Å². The van der Waals surface area contributed by atoms with Gasteiger partial charge in [-0.05, 0) is 24.5 Å². The molecule has 0 radical (unpaired) electrons. The minimum atomic E-state index is -2.32. The van der Waals surface area contributed by atoms with Crippen LogP contribution in [0.15, 0.2) is 24.3 Å². The van der Waals surface area contributed by atoms with Gasteiger partial charge in [-0.25, -0.2) is 8.78 Å². The lowest BCUT2D eigenvalue weighted by Crippen LogP contribution is -2.07. The van der Waals surface area contributed by atoms with Gasteiger partial charge in [0.1, 0.15) is 0 Å². The van der Waals surface area contributed by atoms with Crippen molar-refractivity contribution in [2.45, 2.75) is 32.1 Å². The van der Waals surface area contributed by atoms with Crippen molar-refractivity contribution in [1.82, 2.24) is 0 Å². The van der Waals surface area contributed by atoms with Crippen LogP contribution in [0.3, 0.4) is 0 Å². The van der Waals surface area contributed by atoms with Gasteiger partial charge in [0.05, 0.1) is 5.92 Å². The Labute approximate surface area is 92.9 Å². The van der Waals surface area contributed by atoms with E-state index >= 15 is 0 Å². The van der Waals surface area contributed by atoms with Gasteiger partial charge in [0.25, 0.3) is 0 Å². The van der Waals surface area contributed by atoms with Gasteiger partial charge in [0.15, 0.2) is 0 Å². The molecular weight excluding hydrogens is 214 g/mol. The van der Waals surface area contributed by atoms with E-state index in [2.05, 4.69) is 0 Å². The summed E-state index contributed by atoms with van der Waals surface area (Å²) in [6, 6.07) is 6.82. The zero-order chi connectivity index (χ0) is 12.1. The van der Waals surface area contributed by atoms with Crippen molar-refractivity contribution in [2.24, 2.45) is 0 Å². The van der Waals surface area contributed by atoms with Crippen LogP contribution in [-0.2, 0) is 11.2 Å². The second-order valence-electron chi connectivity index (χ2n) is 3.73. The number of aryl methyl sites for hydroxylation is 1. The molecule has 1 N–H and O–H groups in total. The maximum absolute atomic E-state index is 12.0. The van der Waals surface area contributed by atoms with Gasteiger partial charge in [0, 0.05) is 6.42 Å². The molecule has 4 heteroatoms. The molecule has 1 aromatic carbocycles. The fourth-order valence-corrected chi connectivity index (χ4v) is 1.44. The van der Waals surface area contributed by atoms with E-state index in [9.17, 15) is 13.6 Å². The van der Waals surface area contributed by atoms with Gasteiger partial charge in [-0.1, -0.05) is 24.3 Å². The second kappa shape index (κ2) is 5.58. The Kier molecular flexibility index (Phi) is 4.40. The third-order valence-electron chi connectivity index (χ3n) is 2.47. The Balaban J connectivity index is 2.74. The van der Waals surface area contributed by atoms with Crippen LogP contribution in [0, 0.1) is 0 Å². The molecule has 0 saturated carbocycles. The van der Waals surface area contributed by atoms with E-state index in [1.54, 1.807) is 31.2 Å². The second-order valence-corrected chi connectivity index (χ2v) is 3.73. The third kappa shape index (κ3) is 3.61. The zero-order valence-corrected chi connectivity index (χ0v) is 8.99. The van der Waals surface area contributed by atoms with Crippen molar-refractivity contribution in [3.05, 3.63) is 35.4 Å². The van der Waals surface area contributed by atoms with Gasteiger partial charge in [0.2, 0.25) is 6.43 Å². The number of benzene rings is 1. The van der Waals surface area contributed by atoms with Gasteiger partial charge in [-0.2, -0.15) is 0 Å². The van der Waals surface area contributed by atoms with Crippen molar-refractivity contribution in [2.75, 3.05) is 0 Å². The van der Waals surface area contributed by atoms with Gasteiger partial charge < -0.3 is 5.11 Å². The first-order chi connectivity index (χ1) is 7.50. The summed E-state index contributed by atoms with van der Waals surface area (Å²) < 4.78 is 24.0. The highest BCUT2D eigenvalue weighted by Crippen LogP contribution is 2.18. The maximum Gasteiger partial charge on any atom is 0.310 e. The van der Waals surface area contributed by atoms with Crippen molar-refractivity contribution in [3.63, 3.8) is 0 Å². The summed E-state index contributed by atoms with van der Waals surface area (Å²) >= 11 is 0. The molecule has 1 atom stereocenters. The topological polar surface area (TPSA) is 37.3 Å². The highest BCUT2D eigenvalue weighted by molar-refractivity contribution is 5.75. The van der Waals surface area contributed by atoms with Gasteiger partial charge in [-0.3, -0.25) is 4.79 Å². The molecule has 2 nitrogen and oxygen atoms in total. The molecule has 0 saturated heterocycles. The summed E-state index contributed by atoms with van der Waals surface area (Å²) in [7, 11) is 0. The summed E-state index contributed by atoms with van der Waals surface area (Å²) in [5, 5.41) is 8.82. The van der Waals surface area contributed by atoms with Crippen LogP contribution < -0.4 is 0 Å². The fraction of sp³-hybridized carbons (Fsp3) is 0.417. The fourth-order valence-electron chi connectivity index (χ4n) is 1.44. The van der Waals surface area contributed by atoms with E-state index in [0.717, 1.165) is 5.56 Å². The Bertz CT molecular complexity index is 364. The smallest absolute Gasteiger partial charge is 0.310 e. The molecule has 0 bridgehead atoms. The molecule has 0 aliphatic carbocycles. The van der Waals surface area contributed by atoms with Gasteiger partial charge >= 0.3 is 5.97 Å². The predicted molar refractivity (Wildman–Crippen MR) is 56.8 cm³/mol. The number of carboxylic acids is 1. The van der Waals surface area contributed by atoms with E-state index in [0.29, 0.717) is 5.56 Å². The van der Waals surface area contributed by atoms with Crippen LogP contribution in [0.25, 0.3) is 0 Å². The number of carbonyl (C=O) groups is 1. The minimum absolute atomic E-state index is 0.190. The first-order valence-corrected chi connectivity index (χ1v) is 5.10. The molecule has 0 aliphatic heterocycles. The van der Waals surface area contributed by atoms with Crippen molar-refractivity contribution in [3.8, 4) is 0 Å². The standard InChI is InChI=1S/C12H14F2O2/c1-8(12(15)16)10-4-2-3-9(7-10)5-6-11(13)14/h2-4,7-8,11H,5-6H2,1H3,(H,15,16). The predicted octanol–water partition coefficient (Wildman–Crippen LogP) is 3.07. The molecule has 1 aromatic rings. The SMILES string of the molecule is CC(C(=O)O)c1cccc(CCC(F)F)c1. The van der Waals surface area contributed by atoms with E-state index in [-0.39, 0.29) is 12.8 Å². The maximum atomic E-state index is 12.0. The number of hydrogen-bond acceptors (Lipinski definition) is 1. The number of hydrogen-bond donors (Lipinski definition) is 1. The number of rotatable bonds is 5. The third-order valence-corrected chi connectivity index (χ3v) is 2.47. The summed E-state index contributed by atoms with van der Waals surface area (Å²) in [6.07, 6.45) is -2.23. The average molecular weight is 228 g/mol. The molecule has 0 heterocycles. The summed E-state index contributed by atoms with van der Waals surface area (Å²) in [4.78, 5) is 10.8. The van der Waals surface area contributed by atoms with Crippen LogP contribution in [0.4, 0.5) is 8.78 Å².